The Morgan fingerprint density at radius 3 is 2.49 bits per heavy atom. The van der Waals surface area contributed by atoms with Crippen LogP contribution >= 0.6 is 0 Å². The van der Waals surface area contributed by atoms with E-state index in [0.717, 1.165) is 11.1 Å². The van der Waals surface area contributed by atoms with E-state index in [9.17, 15) is 25.1 Å². The van der Waals surface area contributed by atoms with E-state index >= 15 is 0 Å². The van der Waals surface area contributed by atoms with E-state index in [-0.39, 0.29) is 50.1 Å². The lowest BCUT2D eigenvalue weighted by Crippen LogP contribution is -2.71. The molecule has 0 aromatic heterocycles. The Kier molecular flexibility index (Phi) is 8.42. The quantitative estimate of drug-likeness (QED) is 0.315. The average molecular weight is 648 g/mol. The van der Waals surface area contributed by atoms with Crippen LogP contribution in [0.5, 0.6) is 28.7 Å². The number of piperazine rings is 1. The highest BCUT2D eigenvalue weighted by atomic mass is 16.7. The number of rotatable bonds is 8. The summed E-state index contributed by atoms with van der Waals surface area (Å²) in [5.41, 5.74) is 2.94. The third-order valence-electron chi connectivity index (χ3n) is 9.35. The number of ether oxygens (including phenoxy) is 6. The van der Waals surface area contributed by atoms with Crippen molar-refractivity contribution in [2.75, 3.05) is 33.7 Å². The fraction of sp³-hybridized carbons (Fsp3) is 0.441. The summed E-state index contributed by atoms with van der Waals surface area (Å²) in [6.45, 7) is 11.9. The summed E-state index contributed by atoms with van der Waals surface area (Å²) in [7, 11) is 1.51. The number of aliphatic hydroxyl groups is 1. The zero-order chi connectivity index (χ0) is 33.7. The summed E-state index contributed by atoms with van der Waals surface area (Å²) in [5.74, 6) is 0.565. The highest BCUT2D eigenvalue weighted by Crippen LogP contribution is 2.61. The maximum atomic E-state index is 14.0. The molecule has 13 heteroatoms. The molecule has 1 unspecified atom stereocenters. The van der Waals surface area contributed by atoms with Gasteiger partial charge in [0, 0.05) is 29.2 Å². The van der Waals surface area contributed by atoms with E-state index in [1.807, 2.05) is 13.0 Å². The Balaban J connectivity index is 1.68. The summed E-state index contributed by atoms with van der Waals surface area (Å²) in [6, 6.07) is -0.460. The number of nitriles is 1. The Morgan fingerprint density at radius 2 is 1.83 bits per heavy atom. The fourth-order valence-corrected chi connectivity index (χ4v) is 7.68. The molecule has 0 saturated carbocycles. The van der Waals surface area contributed by atoms with Gasteiger partial charge in [0.15, 0.2) is 23.0 Å². The number of carbonyl (C=O) groups excluding carboxylic acids is 2. The number of aliphatic hydroxyl groups excluding tert-OH is 1. The Bertz CT molecular complexity index is 1700. The number of fused-ring (bicyclic) bond motifs is 9. The second-order valence-electron chi connectivity index (χ2n) is 11.9. The lowest BCUT2D eigenvalue weighted by atomic mass is 9.70. The second-order valence-corrected chi connectivity index (χ2v) is 11.9. The molecule has 2 N–H and O–H groups in total. The van der Waals surface area contributed by atoms with Gasteiger partial charge in [-0.1, -0.05) is 31.4 Å². The topological polar surface area (TPSA) is 160 Å². The number of aryl methyl sites for hydroxylation is 1. The zero-order valence-corrected chi connectivity index (χ0v) is 26.6. The fourth-order valence-electron chi connectivity index (χ4n) is 7.68. The van der Waals surface area contributed by atoms with Crippen molar-refractivity contribution in [3.05, 3.63) is 64.8 Å². The molecule has 248 valence electrons. The van der Waals surface area contributed by atoms with Gasteiger partial charge in [-0.25, -0.2) is 4.79 Å². The molecule has 47 heavy (non-hydrogen) atoms. The molecule has 1 fully saturated rings. The summed E-state index contributed by atoms with van der Waals surface area (Å²) in [6.07, 6.45) is 1.04. The van der Waals surface area contributed by atoms with Crippen molar-refractivity contribution in [1.82, 2.24) is 9.80 Å². The molecule has 6 atom stereocenters. The van der Waals surface area contributed by atoms with Crippen LogP contribution in [0.1, 0.15) is 58.5 Å². The number of amides is 1. The van der Waals surface area contributed by atoms with Crippen LogP contribution in [0.2, 0.25) is 0 Å². The predicted molar refractivity (Wildman–Crippen MR) is 165 cm³/mol. The molecule has 0 spiro atoms. The van der Waals surface area contributed by atoms with Gasteiger partial charge in [0.05, 0.1) is 37.3 Å². The second kappa shape index (κ2) is 12.4. The number of nitrogens with zero attached hydrogens (tertiary/aromatic N) is 3. The first-order chi connectivity index (χ1) is 22.6. The van der Waals surface area contributed by atoms with Crippen molar-refractivity contribution in [3.63, 3.8) is 0 Å². The van der Waals surface area contributed by atoms with Crippen LogP contribution in [-0.2, 0) is 20.7 Å². The number of carbonyl (C=O) groups is 2. The molecular formula is C34H37N3O10. The first-order valence-electron chi connectivity index (χ1n) is 15.2. The molecule has 6 rings (SSSR count). The van der Waals surface area contributed by atoms with Crippen molar-refractivity contribution in [1.29, 1.82) is 5.26 Å². The summed E-state index contributed by atoms with van der Waals surface area (Å²) in [4.78, 5) is 29.4. The van der Waals surface area contributed by atoms with Crippen LogP contribution in [0.4, 0.5) is 4.79 Å². The molecular weight excluding hydrogens is 610 g/mol. The van der Waals surface area contributed by atoms with Crippen LogP contribution < -0.4 is 18.9 Å². The van der Waals surface area contributed by atoms with E-state index in [2.05, 4.69) is 19.2 Å². The van der Waals surface area contributed by atoms with Gasteiger partial charge in [-0.3, -0.25) is 14.6 Å². The van der Waals surface area contributed by atoms with Crippen molar-refractivity contribution < 1.29 is 48.2 Å². The maximum absolute atomic E-state index is 14.0. The highest BCUT2D eigenvalue weighted by molar-refractivity contribution is 5.73. The van der Waals surface area contributed by atoms with Gasteiger partial charge in [0.1, 0.15) is 37.7 Å². The van der Waals surface area contributed by atoms with E-state index in [4.69, 9.17) is 28.4 Å². The van der Waals surface area contributed by atoms with E-state index in [0.29, 0.717) is 33.9 Å². The molecule has 0 radical (unpaired) electrons. The lowest BCUT2D eigenvalue weighted by Gasteiger charge is -2.60. The monoisotopic (exact) mass is 647 g/mol. The van der Waals surface area contributed by atoms with E-state index in [1.165, 1.54) is 25.0 Å². The number of phenolic OH excluding ortho intramolecular Hbond substituents is 1. The standard InChI is InChI=1S/C34H37N3O10/c1-7-9-43-32-23-19(11-16(3)30(32)42-6)12-20-21(13-35)36-22(14-45-18(5)38)24-25(28(39)17(4)31-33(24)47-15-46-31)29(40)27(36)26(23)37(20)34(41)44-10-8-2/h7-8,11,20-22,26-27,29,39-40H,1-2,9-10,12,14-15H2,3-6H3/t20-,21+,22+,26?,27-,29+/m1/s1. The van der Waals surface area contributed by atoms with Gasteiger partial charge < -0.3 is 38.6 Å². The van der Waals surface area contributed by atoms with Gasteiger partial charge in [0.2, 0.25) is 6.79 Å². The molecule has 13 nitrogen and oxygen atoms in total. The normalized spacial score (nSPS) is 25.0. The molecule has 4 aliphatic heterocycles. The van der Waals surface area contributed by atoms with Gasteiger partial charge in [-0.15, -0.1) is 0 Å². The zero-order valence-electron chi connectivity index (χ0n) is 26.6. The van der Waals surface area contributed by atoms with Gasteiger partial charge in [0.25, 0.3) is 0 Å². The minimum Gasteiger partial charge on any atom is -0.507 e. The highest BCUT2D eigenvalue weighted by Gasteiger charge is 2.62. The third kappa shape index (κ3) is 4.82. The molecule has 2 aromatic carbocycles. The van der Waals surface area contributed by atoms with Gasteiger partial charge in [-0.05, 0) is 31.4 Å². The molecule has 2 aromatic rings. The molecule has 1 amide bonds. The first kappa shape index (κ1) is 32.0. The number of methoxy groups -OCH3 is 1. The van der Waals surface area contributed by atoms with E-state index in [1.54, 1.807) is 17.9 Å². The third-order valence-corrected chi connectivity index (χ3v) is 9.35. The van der Waals surface area contributed by atoms with Gasteiger partial charge in [-0.2, -0.15) is 5.26 Å². The number of benzene rings is 2. The van der Waals surface area contributed by atoms with Crippen molar-refractivity contribution in [2.45, 2.75) is 63.5 Å². The SMILES string of the molecule is C=CCOC(=O)N1C2c3c(cc(C)c(OC)c3OCC=C)C[C@@H]1[C@H](C#N)N1[C@H]2[C@@H](O)c2c(O)c(C)c3c(c2[C@@H]1COC(C)=O)OCO3. The molecule has 4 aliphatic rings. The molecule has 0 aliphatic carbocycles. The number of aromatic hydroxyl groups is 1. The average Bonchev–Trinajstić information content (AvgIpc) is 3.54. The number of esters is 1. The van der Waals surface area contributed by atoms with Gasteiger partial charge >= 0.3 is 12.1 Å². The lowest BCUT2D eigenvalue weighted by molar-refractivity contribution is -0.151. The minimum absolute atomic E-state index is 0.0891. The van der Waals surface area contributed by atoms with Crippen LogP contribution in [0.15, 0.2) is 31.4 Å². The minimum atomic E-state index is -1.49. The maximum Gasteiger partial charge on any atom is 0.411 e. The van der Waals surface area contributed by atoms with Crippen molar-refractivity contribution in [2.24, 2.45) is 0 Å². The predicted octanol–water partition coefficient (Wildman–Crippen LogP) is 3.83. The summed E-state index contributed by atoms with van der Waals surface area (Å²) in [5, 5.41) is 35.0. The summed E-state index contributed by atoms with van der Waals surface area (Å²) < 4.78 is 34.8. The van der Waals surface area contributed by atoms with Crippen LogP contribution in [0, 0.1) is 25.2 Å². The van der Waals surface area contributed by atoms with Crippen LogP contribution in [0.3, 0.4) is 0 Å². The van der Waals surface area contributed by atoms with E-state index < -0.39 is 48.4 Å². The largest absolute Gasteiger partial charge is 0.507 e. The molecule has 1 saturated heterocycles. The smallest absolute Gasteiger partial charge is 0.411 e. The Hall–Kier alpha value is -4.93. The first-order valence-corrected chi connectivity index (χ1v) is 15.2. The Labute approximate surface area is 272 Å². The van der Waals surface area contributed by atoms with Crippen LogP contribution in [0.25, 0.3) is 0 Å². The Morgan fingerprint density at radius 1 is 1.11 bits per heavy atom. The molecule has 4 heterocycles. The number of hydrogen-bond donors (Lipinski definition) is 2. The number of phenols is 1. The number of hydrogen-bond acceptors (Lipinski definition) is 12. The van der Waals surface area contributed by atoms with Crippen molar-refractivity contribution >= 4 is 12.1 Å². The van der Waals surface area contributed by atoms with Crippen molar-refractivity contribution in [3.8, 4) is 34.8 Å². The molecule has 2 bridgehead atoms. The van der Waals surface area contributed by atoms with Crippen LogP contribution in [-0.4, -0.2) is 83.9 Å². The summed E-state index contributed by atoms with van der Waals surface area (Å²) >= 11 is 0.